The van der Waals surface area contributed by atoms with Gasteiger partial charge in [-0.05, 0) is 40.1 Å². The van der Waals surface area contributed by atoms with E-state index in [0.717, 1.165) is 115 Å². The van der Waals surface area contributed by atoms with Crippen LogP contribution in [0.5, 0.6) is 0 Å². The first-order chi connectivity index (χ1) is 30.4. The molecule has 0 atom stereocenters. The number of piperazine rings is 2. The van der Waals surface area contributed by atoms with E-state index in [-0.39, 0.29) is 11.1 Å². The van der Waals surface area contributed by atoms with Crippen LogP contribution in [0.1, 0.15) is 37.6 Å². The third-order valence-electron chi connectivity index (χ3n) is 11.3. The first-order valence-electron chi connectivity index (χ1n) is 20.8. The van der Waals surface area contributed by atoms with Crippen LogP contribution >= 0.6 is 0 Å². The first-order valence-corrected chi connectivity index (χ1v) is 20.8. The number of hydrogen-bond acceptors (Lipinski definition) is 15. The predicted molar refractivity (Wildman–Crippen MR) is 232 cm³/mol. The fourth-order valence-corrected chi connectivity index (χ4v) is 7.77. The number of ether oxygens (including phenoxy) is 1. The highest BCUT2D eigenvalue weighted by molar-refractivity contribution is 5.93. The van der Waals surface area contributed by atoms with Crippen LogP contribution in [0, 0.1) is 0 Å². The van der Waals surface area contributed by atoms with Crippen LogP contribution in [0.3, 0.4) is 0 Å². The van der Waals surface area contributed by atoms with E-state index in [1.54, 1.807) is 11.0 Å². The zero-order chi connectivity index (χ0) is 42.7. The van der Waals surface area contributed by atoms with Gasteiger partial charge < -0.3 is 19.0 Å². The van der Waals surface area contributed by atoms with Crippen molar-refractivity contribution >= 4 is 34.5 Å². The molecular weight excluding hydrogens is 791 g/mol. The summed E-state index contributed by atoms with van der Waals surface area (Å²) in [5.41, 5.74) is 7.32. The number of morpholine rings is 1. The molecule has 17 nitrogen and oxygen atoms in total. The van der Waals surface area contributed by atoms with E-state index in [9.17, 15) is 9.59 Å². The predicted octanol–water partition coefficient (Wildman–Crippen LogP) is 4.08. The molecule has 3 aliphatic rings. The Morgan fingerprint density at radius 3 is 1.61 bits per heavy atom. The summed E-state index contributed by atoms with van der Waals surface area (Å²) in [4.78, 5) is 51.1. The lowest BCUT2D eigenvalue weighted by Crippen LogP contribution is -2.46. The molecule has 6 heterocycles. The summed E-state index contributed by atoms with van der Waals surface area (Å²) in [6.07, 6.45) is 5.68. The van der Waals surface area contributed by atoms with Crippen molar-refractivity contribution < 1.29 is 29.2 Å². The number of rotatable bonds is 11. The minimum atomic E-state index is -0.622. The Morgan fingerprint density at radius 2 is 1.05 bits per heavy atom. The number of carbonyl (C=O) groups is 2. The number of amides is 2. The van der Waals surface area contributed by atoms with Gasteiger partial charge in [-0.2, -0.15) is 0 Å². The molecule has 0 saturated carbocycles. The Balaban J connectivity index is 0.000000176. The molecule has 0 unspecified atom stereocenters. The summed E-state index contributed by atoms with van der Waals surface area (Å²) in [5.74, 6) is 1.79. The van der Waals surface area contributed by atoms with Crippen LogP contribution in [0.4, 0.5) is 11.9 Å². The van der Waals surface area contributed by atoms with Gasteiger partial charge in [0.1, 0.15) is 11.5 Å². The molecule has 3 saturated heterocycles. The fraction of sp³-hybridized carbons (Fsp3) is 0.333. The minimum absolute atomic E-state index is 0.218. The van der Waals surface area contributed by atoms with Crippen LogP contribution in [-0.2, 0) is 24.4 Å². The molecule has 0 radical (unpaired) electrons. The average Bonchev–Trinajstić information content (AvgIpc) is 3.80. The van der Waals surface area contributed by atoms with Crippen LogP contribution in [-0.4, -0.2) is 136 Å². The van der Waals surface area contributed by atoms with Crippen LogP contribution in [0.25, 0.3) is 22.1 Å². The molecule has 0 spiro atoms. The molecule has 9 rings (SSSR count). The zero-order valence-corrected chi connectivity index (χ0v) is 34.5. The molecule has 62 heavy (non-hydrogen) atoms. The van der Waals surface area contributed by atoms with Crippen molar-refractivity contribution in [3.63, 3.8) is 0 Å². The molecule has 0 bridgehead atoms. The van der Waals surface area contributed by atoms with Gasteiger partial charge in [0.25, 0.3) is 11.8 Å². The second kappa shape index (κ2) is 20.5. The minimum Gasteiger partial charge on any atom is -0.460 e. The number of nitrogens with one attached hydrogen (secondary N) is 2. The summed E-state index contributed by atoms with van der Waals surface area (Å²) in [6.45, 7) is 13.0. The van der Waals surface area contributed by atoms with Gasteiger partial charge in [0, 0.05) is 109 Å². The van der Waals surface area contributed by atoms with E-state index in [4.69, 9.17) is 19.6 Å². The molecule has 3 aliphatic heterocycles. The van der Waals surface area contributed by atoms with Crippen molar-refractivity contribution in [1.82, 2.24) is 45.6 Å². The Morgan fingerprint density at radius 1 is 0.548 bits per heavy atom. The number of anilines is 2. The Kier molecular flexibility index (Phi) is 14.0. The third-order valence-corrected chi connectivity index (χ3v) is 11.3. The Bertz CT molecular complexity index is 2380. The van der Waals surface area contributed by atoms with E-state index >= 15 is 0 Å². The molecule has 4 N–H and O–H groups in total. The molecular formula is C45H51N11O6. The van der Waals surface area contributed by atoms with E-state index in [1.165, 1.54) is 46.7 Å². The number of nitrogens with zero attached hydrogens (tertiary/aromatic N) is 9. The largest absolute Gasteiger partial charge is 0.460 e. The molecule has 0 aliphatic carbocycles. The number of hydrogen-bond donors (Lipinski definition) is 4. The molecule has 3 fully saturated rings. The Hall–Kier alpha value is -6.34. The quantitative estimate of drug-likeness (QED) is 0.108. The highest BCUT2D eigenvalue weighted by Gasteiger charge is 2.22. The van der Waals surface area contributed by atoms with Crippen molar-refractivity contribution in [2.24, 2.45) is 0 Å². The standard InChI is InChI=1S/C25H30N6O4.C20H21N5O2/c32-24(28-33)21-15-26-25(27-16-21)31-9-7-29(8-10-31)18-22-5-6-23(35-22)20-3-1-19(2-4-20)17-30-11-13-34-14-12-30;26-19(23-27)18-12-21-20(22-13-18)25-9-7-24(8-10-25)14-15-5-6-16-3-1-2-4-17(16)11-15/h1-6,15-16,33H,7-14,17-18H2,(H,28,32);1-6,11-13,27H,7-10,14H2,(H,23,26). The van der Waals surface area contributed by atoms with Crippen molar-refractivity contribution in [2.75, 3.05) is 88.5 Å². The highest BCUT2D eigenvalue weighted by Crippen LogP contribution is 2.25. The first kappa shape index (κ1) is 42.4. The summed E-state index contributed by atoms with van der Waals surface area (Å²) in [7, 11) is 0. The van der Waals surface area contributed by atoms with Gasteiger partial charge in [-0.1, -0.05) is 60.7 Å². The van der Waals surface area contributed by atoms with Gasteiger partial charge >= 0.3 is 0 Å². The van der Waals surface area contributed by atoms with Gasteiger partial charge in [0.2, 0.25) is 11.9 Å². The highest BCUT2D eigenvalue weighted by atomic mass is 16.5. The second-order valence-electron chi connectivity index (χ2n) is 15.5. The molecule has 6 aromatic rings. The number of aromatic nitrogens is 4. The third kappa shape index (κ3) is 10.9. The monoisotopic (exact) mass is 841 g/mol. The summed E-state index contributed by atoms with van der Waals surface area (Å²) in [6, 6.07) is 27.8. The van der Waals surface area contributed by atoms with Gasteiger partial charge in [-0.25, -0.2) is 30.9 Å². The van der Waals surface area contributed by atoms with E-state index in [0.29, 0.717) is 11.9 Å². The van der Waals surface area contributed by atoms with Gasteiger partial charge in [-0.15, -0.1) is 0 Å². The SMILES string of the molecule is O=C(NO)c1cnc(N2CCN(Cc3ccc(-c4ccc(CN5CCOCC5)cc4)o3)CC2)nc1.O=C(NO)c1cnc(N2CCN(Cc3ccc4ccccc4c3)CC2)nc1. The zero-order valence-electron chi connectivity index (χ0n) is 34.5. The summed E-state index contributed by atoms with van der Waals surface area (Å²) < 4.78 is 11.6. The van der Waals surface area contributed by atoms with Gasteiger partial charge in [-0.3, -0.25) is 34.7 Å². The number of furan rings is 1. The van der Waals surface area contributed by atoms with Crippen molar-refractivity contribution in [3.05, 3.63) is 132 Å². The van der Waals surface area contributed by atoms with Gasteiger partial charge in [0.05, 0.1) is 30.9 Å². The maximum Gasteiger partial charge on any atom is 0.277 e. The van der Waals surface area contributed by atoms with E-state index < -0.39 is 11.8 Å². The molecule has 322 valence electrons. The maximum absolute atomic E-state index is 11.4. The maximum atomic E-state index is 11.4. The van der Waals surface area contributed by atoms with Crippen molar-refractivity contribution in [2.45, 2.75) is 19.6 Å². The van der Waals surface area contributed by atoms with E-state index in [2.05, 4.69) is 117 Å². The number of fused-ring (bicyclic) bond motifs is 1. The van der Waals surface area contributed by atoms with Gasteiger partial charge in [0.15, 0.2) is 0 Å². The molecule has 3 aromatic carbocycles. The lowest BCUT2D eigenvalue weighted by molar-refractivity contribution is 0.0342. The van der Waals surface area contributed by atoms with Crippen molar-refractivity contribution in [3.8, 4) is 11.3 Å². The molecule has 17 heteroatoms. The number of carbonyl (C=O) groups excluding carboxylic acids is 2. The van der Waals surface area contributed by atoms with E-state index in [1.807, 2.05) is 6.07 Å². The van der Waals surface area contributed by atoms with Crippen LogP contribution in [0.2, 0.25) is 0 Å². The summed E-state index contributed by atoms with van der Waals surface area (Å²) in [5, 5.41) is 19.9. The smallest absolute Gasteiger partial charge is 0.277 e. The lowest BCUT2D eigenvalue weighted by atomic mass is 10.1. The van der Waals surface area contributed by atoms with Crippen LogP contribution in [0.15, 0.2) is 108 Å². The summed E-state index contributed by atoms with van der Waals surface area (Å²) >= 11 is 0. The fourth-order valence-electron chi connectivity index (χ4n) is 7.77. The lowest BCUT2D eigenvalue weighted by Gasteiger charge is -2.34. The topological polar surface area (TPSA) is 189 Å². The van der Waals surface area contributed by atoms with Crippen LogP contribution < -0.4 is 20.8 Å². The second-order valence-corrected chi connectivity index (χ2v) is 15.5. The number of hydroxylamine groups is 2. The molecule has 2 amide bonds. The normalized spacial score (nSPS) is 16.4. The average molecular weight is 842 g/mol. The van der Waals surface area contributed by atoms with Crippen molar-refractivity contribution in [1.29, 1.82) is 0 Å². The molecule has 3 aromatic heterocycles. The number of benzene rings is 3. The Labute approximate surface area is 359 Å².